The SMILES string of the molecule is COc1ncc(CN2CCC[C@H](c3cc4nc(C(C)C)cc(C(F)(F)F)n4n3)C2)cn1. The van der Waals surface area contributed by atoms with E-state index in [1.165, 1.54) is 7.11 Å². The lowest BCUT2D eigenvalue weighted by atomic mass is 9.94. The molecule has 0 aromatic carbocycles. The van der Waals surface area contributed by atoms with Gasteiger partial charge in [0.15, 0.2) is 5.65 Å². The lowest BCUT2D eigenvalue weighted by Crippen LogP contribution is -2.34. The number of hydrogen-bond donors (Lipinski definition) is 0. The zero-order valence-electron chi connectivity index (χ0n) is 17.7. The van der Waals surface area contributed by atoms with Crippen LogP contribution in [0.3, 0.4) is 0 Å². The van der Waals surface area contributed by atoms with Crippen molar-refractivity contribution in [3.8, 4) is 6.01 Å². The molecular weight excluding hydrogens is 409 g/mol. The second kappa shape index (κ2) is 8.41. The van der Waals surface area contributed by atoms with Gasteiger partial charge in [-0.3, -0.25) is 4.90 Å². The van der Waals surface area contributed by atoms with Crippen LogP contribution in [0.5, 0.6) is 6.01 Å². The van der Waals surface area contributed by atoms with Gasteiger partial charge in [0.05, 0.1) is 12.8 Å². The van der Waals surface area contributed by atoms with E-state index >= 15 is 0 Å². The molecule has 1 aliphatic heterocycles. The maximum Gasteiger partial charge on any atom is 0.433 e. The third-order valence-electron chi connectivity index (χ3n) is 5.54. The van der Waals surface area contributed by atoms with Crippen LogP contribution >= 0.6 is 0 Å². The highest BCUT2D eigenvalue weighted by molar-refractivity contribution is 5.44. The van der Waals surface area contributed by atoms with E-state index in [0.29, 0.717) is 30.5 Å². The molecule has 4 rings (SSSR count). The Morgan fingerprint density at radius 1 is 1.19 bits per heavy atom. The van der Waals surface area contributed by atoms with Crippen LogP contribution in [0.4, 0.5) is 13.2 Å². The van der Waals surface area contributed by atoms with Gasteiger partial charge in [0, 0.05) is 48.7 Å². The van der Waals surface area contributed by atoms with Crippen molar-refractivity contribution in [1.29, 1.82) is 0 Å². The van der Waals surface area contributed by atoms with Crippen molar-refractivity contribution < 1.29 is 17.9 Å². The second-order valence-electron chi connectivity index (χ2n) is 8.21. The molecule has 3 aromatic heterocycles. The molecule has 0 radical (unpaired) electrons. The molecular formula is C21H25F3N6O. The van der Waals surface area contributed by atoms with Crippen molar-refractivity contribution in [2.75, 3.05) is 20.2 Å². The number of ether oxygens (including phenoxy) is 1. The summed E-state index contributed by atoms with van der Waals surface area (Å²) in [6.45, 7) is 5.93. The minimum Gasteiger partial charge on any atom is -0.467 e. The van der Waals surface area contributed by atoms with Crippen LogP contribution in [0.1, 0.15) is 61.2 Å². The maximum atomic E-state index is 13.7. The van der Waals surface area contributed by atoms with Crippen LogP contribution in [0.2, 0.25) is 0 Å². The topological polar surface area (TPSA) is 68.4 Å². The number of methoxy groups -OCH3 is 1. The van der Waals surface area contributed by atoms with Gasteiger partial charge in [-0.05, 0) is 31.4 Å². The molecule has 1 saturated heterocycles. The summed E-state index contributed by atoms with van der Waals surface area (Å²) in [6, 6.07) is 3.12. The zero-order chi connectivity index (χ0) is 22.2. The first kappa shape index (κ1) is 21.5. The Bertz CT molecular complexity index is 1050. The van der Waals surface area contributed by atoms with Gasteiger partial charge in [0.2, 0.25) is 0 Å². The summed E-state index contributed by atoms with van der Waals surface area (Å²) in [5.41, 5.74) is 1.48. The molecule has 0 amide bonds. The second-order valence-corrected chi connectivity index (χ2v) is 8.21. The van der Waals surface area contributed by atoms with E-state index in [1.807, 2.05) is 13.8 Å². The van der Waals surface area contributed by atoms with Gasteiger partial charge in [-0.1, -0.05) is 13.8 Å². The normalized spacial score (nSPS) is 18.1. The molecule has 166 valence electrons. The molecule has 1 aliphatic rings. The first-order valence-corrected chi connectivity index (χ1v) is 10.3. The van der Waals surface area contributed by atoms with Gasteiger partial charge in [0.1, 0.15) is 5.69 Å². The van der Waals surface area contributed by atoms with Crippen molar-refractivity contribution >= 4 is 5.65 Å². The summed E-state index contributed by atoms with van der Waals surface area (Å²) in [6.07, 6.45) is 0.770. The molecule has 1 atom stereocenters. The molecule has 4 heterocycles. The molecule has 7 nitrogen and oxygen atoms in total. The molecule has 3 aromatic rings. The molecule has 1 fully saturated rings. The fourth-order valence-corrected chi connectivity index (χ4v) is 3.94. The summed E-state index contributed by atoms with van der Waals surface area (Å²) < 4.78 is 46.9. The fourth-order valence-electron chi connectivity index (χ4n) is 3.94. The van der Waals surface area contributed by atoms with Crippen molar-refractivity contribution in [2.24, 2.45) is 0 Å². The van der Waals surface area contributed by atoms with Gasteiger partial charge in [-0.15, -0.1) is 0 Å². The minimum absolute atomic E-state index is 0.0400. The Morgan fingerprint density at radius 2 is 1.94 bits per heavy atom. The van der Waals surface area contributed by atoms with Crippen LogP contribution in [0.15, 0.2) is 24.5 Å². The lowest BCUT2D eigenvalue weighted by molar-refractivity contribution is -0.142. The Morgan fingerprint density at radius 3 is 2.58 bits per heavy atom. The molecule has 0 saturated carbocycles. The van der Waals surface area contributed by atoms with Crippen LogP contribution in [-0.2, 0) is 12.7 Å². The summed E-state index contributed by atoms with van der Waals surface area (Å²) in [7, 11) is 1.52. The van der Waals surface area contributed by atoms with E-state index in [9.17, 15) is 13.2 Å². The van der Waals surface area contributed by atoms with Crippen molar-refractivity contribution in [3.63, 3.8) is 0 Å². The van der Waals surface area contributed by atoms with Crippen LogP contribution in [0.25, 0.3) is 5.65 Å². The summed E-state index contributed by atoms with van der Waals surface area (Å²) in [5.74, 6) is -0.0699. The number of fused-ring (bicyclic) bond motifs is 1. The Balaban J connectivity index is 1.58. The molecule has 31 heavy (non-hydrogen) atoms. The largest absolute Gasteiger partial charge is 0.467 e. The monoisotopic (exact) mass is 434 g/mol. The van der Waals surface area contributed by atoms with E-state index in [2.05, 4.69) is 25.0 Å². The number of aromatic nitrogens is 5. The number of rotatable bonds is 5. The van der Waals surface area contributed by atoms with Crippen LogP contribution < -0.4 is 4.74 Å². The molecule has 0 aliphatic carbocycles. The molecule has 0 unspecified atom stereocenters. The zero-order valence-corrected chi connectivity index (χ0v) is 17.7. The molecule has 0 spiro atoms. The van der Waals surface area contributed by atoms with Gasteiger partial charge >= 0.3 is 12.2 Å². The number of nitrogens with zero attached hydrogens (tertiary/aromatic N) is 6. The van der Waals surface area contributed by atoms with Gasteiger partial charge in [0.25, 0.3) is 0 Å². The molecule has 10 heteroatoms. The van der Waals surface area contributed by atoms with E-state index in [0.717, 1.165) is 35.5 Å². The van der Waals surface area contributed by atoms with E-state index in [-0.39, 0.29) is 17.5 Å². The standard InChI is InChI=1S/C21H25F3N6O/c1-13(2)16-7-18(21(22,23)24)30-19(27-16)8-17(28-30)15-5-4-6-29(12-15)11-14-9-25-20(31-3)26-10-14/h7-10,13,15H,4-6,11-12H2,1-3H3/t15-/m0/s1. The highest BCUT2D eigenvalue weighted by atomic mass is 19.4. The van der Waals surface area contributed by atoms with Gasteiger partial charge < -0.3 is 4.74 Å². The van der Waals surface area contributed by atoms with E-state index in [1.54, 1.807) is 18.5 Å². The van der Waals surface area contributed by atoms with E-state index in [4.69, 9.17) is 4.74 Å². The van der Waals surface area contributed by atoms with Crippen molar-refractivity contribution in [2.45, 2.75) is 51.2 Å². The summed E-state index contributed by atoms with van der Waals surface area (Å²) >= 11 is 0. The minimum atomic E-state index is -4.50. The van der Waals surface area contributed by atoms with Gasteiger partial charge in [-0.25, -0.2) is 19.5 Å². The number of alkyl halides is 3. The number of hydrogen-bond acceptors (Lipinski definition) is 6. The number of halogens is 3. The third-order valence-corrected chi connectivity index (χ3v) is 5.54. The number of piperidine rings is 1. The average Bonchev–Trinajstić information content (AvgIpc) is 3.17. The first-order valence-electron chi connectivity index (χ1n) is 10.3. The maximum absolute atomic E-state index is 13.7. The summed E-state index contributed by atoms with van der Waals surface area (Å²) in [5, 5.41) is 4.33. The van der Waals surface area contributed by atoms with Gasteiger partial charge in [-0.2, -0.15) is 18.3 Å². The molecule has 0 bridgehead atoms. The Kier molecular flexibility index (Phi) is 5.83. The van der Waals surface area contributed by atoms with Crippen LogP contribution in [0, 0.1) is 0 Å². The third kappa shape index (κ3) is 4.63. The fraction of sp³-hybridized carbons (Fsp3) is 0.524. The predicted molar refractivity (Wildman–Crippen MR) is 108 cm³/mol. The van der Waals surface area contributed by atoms with Crippen LogP contribution in [-0.4, -0.2) is 49.7 Å². The van der Waals surface area contributed by atoms with Crippen molar-refractivity contribution in [3.05, 3.63) is 47.2 Å². The number of likely N-dealkylation sites (tertiary alicyclic amines) is 1. The highest BCUT2D eigenvalue weighted by Gasteiger charge is 2.36. The Hall–Kier alpha value is -2.75. The van der Waals surface area contributed by atoms with E-state index < -0.39 is 11.9 Å². The predicted octanol–water partition coefficient (Wildman–Crippen LogP) is 4.05. The quantitative estimate of drug-likeness (QED) is 0.604. The first-order chi connectivity index (χ1) is 14.7. The smallest absolute Gasteiger partial charge is 0.433 e. The molecule has 0 N–H and O–H groups in total. The van der Waals surface area contributed by atoms with Crippen molar-refractivity contribution in [1.82, 2.24) is 29.5 Å². The Labute approximate surface area is 178 Å². The summed E-state index contributed by atoms with van der Waals surface area (Å²) in [4.78, 5) is 14.9. The highest BCUT2D eigenvalue weighted by Crippen LogP contribution is 2.33. The average molecular weight is 434 g/mol. The lowest BCUT2D eigenvalue weighted by Gasteiger charge is -2.31.